The summed E-state index contributed by atoms with van der Waals surface area (Å²) in [6.07, 6.45) is 2.20. The van der Waals surface area contributed by atoms with E-state index in [0.717, 1.165) is 37.5 Å². The minimum Gasteiger partial charge on any atom is -0.373 e. The van der Waals surface area contributed by atoms with Gasteiger partial charge in [0.25, 0.3) is 0 Å². The average Bonchev–Trinajstić information content (AvgIpc) is 2.73. The van der Waals surface area contributed by atoms with Gasteiger partial charge in [-0.15, -0.1) is 0 Å². The fraction of sp³-hybridized carbons (Fsp3) is 0.636. The minimum atomic E-state index is -0.0881. The highest BCUT2D eigenvalue weighted by Gasteiger charge is 2.29. The number of anilines is 2. The summed E-state index contributed by atoms with van der Waals surface area (Å²) < 4.78 is 5.70. The molecule has 1 aliphatic rings. The maximum absolute atomic E-state index is 5.70. The molecule has 0 aliphatic carbocycles. The molecule has 1 aromatic heterocycles. The predicted octanol–water partition coefficient (Wildman–Crippen LogP) is 1.05. The number of nitrogens with two attached hydrogens (primary N) is 1. The molecule has 0 amide bonds. The molecule has 0 bridgehead atoms. The zero-order chi connectivity index (χ0) is 12.3. The predicted molar refractivity (Wildman–Crippen MR) is 66.7 cm³/mol. The van der Waals surface area contributed by atoms with Crippen molar-refractivity contribution in [3.05, 3.63) is 11.8 Å². The first-order valence-electron chi connectivity index (χ1n) is 5.81. The molecule has 17 heavy (non-hydrogen) atoms. The highest BCUT2D eigenvalue weighted by atomic mass is 16.5. The lowest BCUT2D eigenvalue weighted by atomic mass is 10.0. The summed E-state index contributed by atoms with van der Waals surface area (Å²) in [6.45, 7) is 5.61. The van der Waals surface area contributed by atoms with Crippen LogP contribution < -0.4 is 16.6 Å². The maximum Gasteiger partial charge on any atom is 0.239 e. The van der Waals surface area contributed by atoms with Crippen LogP contribution in [-0.4, -0.2) is 28.7 Å². The normalized spacial score (nSPS) is 23.7. The first-order chi connectivity index (χ1) is 8.11. The van der Waals surface area contributed by atoms with Gasteiger partial charge in [0, 0.05) is 24.9 Å². The van der Waals surface area contributed by atoms with Crippen LogP contribution in [0.1, 0.15) is 25.5 Å². The lowest BCUT2D eigenvalue weighted by molar-refractivity contribution is 0.0315. The van der Waals surface area contributed by atoms with E-state index in [4.69, 9.17) is 10.6 Å². The van der Waals surface area contributed by atoms with E-state index in [1.54, 1.807) is 0 Å². The van der Waals surface area contributed by atoms with Crippen LogP contribution >= 0.6 is 0 Å². The quantitative estimate of drug-likeness (QED) is 0.536. The number of nitrogens with zero attached hydrogens (tertiary/aromatic N) is 2. The Labute approximate surface area is 101 Å². The van der Waals surface area contributed by atoms with Crippen LogP contribution in [0.2, 0.25) is 0 Å². The molecule has 2 rings (SSSR count). The van der Waals surface area contributed by atoms with Crippen molar-refractivity contribution in [1.82, 2.24) is 9.97 Å². The molecule has 2 heterocycles. The van der Waals surface area contributed by atoms with Crippen molar-refractivity contribution in [1.29, 1.82) is 0 Å². The number of rotatable bonds is 4. The van der Waals surface area contributed by atoms with E-state index in [-0.39, 0.29) is 5.60 Å². The smallest absolute Gasteiger partial charge is 0.239 e. The topological polar surface area (TPSA) is 85.1 Å². The molecule has 94 valence electrons. The third-order valence-electron chi connectivity index (χ3n) is 2.93. The summed E-state index contributed by atoms with van der Waals surface area (Å²) in [5.74, 6) is 6.49. The molecule has 0 spiro atoms. The largest absolute Gasteiger partial charge is 0.373 e. The Morgan fingerprint density at radius 1 is 1.53 bits per heavy atom. The van der Waals surface area contributed by atoms with Gasteiger partial charge in [0.15, 0.2) is 0 Å². The van der Waals surface area contributed by atoms with Crippen molar-refractivity contribution >= 4 is 11.8 Å². The van der Waals surface area contributed by atoms with E-state index in [1.807, 2.05) is 13.0 Å². The second-order valence-corrected chi connectivity index (χ2v) is 4.62. The Morgan fingerprint density at radius 2 is 2.35 bits per heavy atom. The third kappa shape index (κ3) is 3.04. The molecule has 1 fully saturated rings. The molecular weight excluding hydrogens is 218 g/mol. The van der Waals surface area contributed by atoms with Gasteiger partial charge in [-0.1, -0.05) is 0 Å². The van der Waals surface area contributed by atoms with Gasteiger partial charge >= 0.3 is 0 Å². The third-order valence-corrected chi connectivity index (χ3v) is 2.93. The van der Waals surface area contributed by atoms with Gasteiger partial charge in [-0.2, -0.15) is 4.98 Å². The zero-order valence-electron chi connectivity index (χ0n) is 10.3. The summed E-state index contributed by atoms with van der Waals surface area (Å²) in [5, 5.41) is 3.27. The van der Waals surface area contributed by atoms with E-state index in [2.05, 4.69) is 27.6 Å². The zero-order valence-corrected chi connectivity index (χ0v) is 10.3. The van der Waals surface area contributed by atoms with Gasteiger partial charge in [0.1, 0.15) is 5.82 Å². The van der Waals surface area contributed by atoms with Gasteiger partial charge in [0.2, 0.25) is 5.95 Å². The van der Waals surface area contributed by atoms with Crippen LogP contribution in [0.3, 0.4) is 0 Å². The Morgan fingerprint density at radius 3 is 3.00 bits per heavy atom. The van der Waals surface area contributed by atoms with Crippen LogP contribution in [0.15, 0.2) is 6.07 Å². The monoisotopic (exact) mass is 237 g/mol. The number of ether oxygens (including phenoxy) is 1. The molecule has 1 atom stereocenters. The fourth-order valence-corrected chi connectivity index (χ4v) is 1.98. The molecule has 1 saturated heterocycles. The lowest BCUT2D eigenvalue weighted by Gasteiger charge is -2.23. The van der Waals surface area contributed by atoms with E-state index in [9.17, 15) is 0 Å². The molecule has 0 saturated carbocycles. The van der Waals surface area contributed by atoms with Crippen molar-refractivity contribution < 1.29 is 4.74 Å². The number of aromatic nitrogens is 2. The standard InChI is InChI=1S/C11H19N5O/c1-8-6-9(15-10(14-8)16-12)13-7-11(2)4-3-5-17-11/h6H,3-5,7,12H2,1-2H3,(H2,13,14,15,16). The second-order valence-electron chi connectivity index (χ2n) is 4.62. The summed E-state index contributed by atoms with van der Waals surface area (Å²) in [5.41, 5.74) is 3.23. The SMILES string of the molecule is Cc1cc(NCC2(C)CCCO2)nc(NN)n1. The molecule has 4 N–H and O–H groups in total. The molecule has 6 nitrogen and oxygen atoms in total. The van der Waals surface area contributed by atoms with E-state index in [1.165, 1.54) is 0 Å². The van der Waals surface area contributed by atoms with Crippen molar-refractivity contribution in [2.24, 2.45) is 5.84 Å². The highest BCUT2D eigenvalue weighted by Crippen LogP contribution is 2.25. The van der Waals surface area contributed by atoms with Crippen LogP contribution in [0, 0.1) is 6.92 Å². The summed E-state index contributed by atoms with van der Waals surface area (Å²) in [7, 11) is 0. The van der Waals surface area contributed by atoms with E-state index < -0.39 is 0 Å². The number of hydrazine groups is 1. The van der Waals surface area contributed by atoms with Crippen LogP contribution in [0.5, 0.6) is 0 Å². The lowest BCUT2D eigenvalue weighted by Crippen LogP contribution is -2.32. The number of hydrogen-bond acceptors (Lipinski definition) is 6. The van der Waals surface area contributed by atoms with Gasteiger partial charge in [-0.3, -0.25) is 5.43 Å². The number of nitrogen functional groups attached to an aromatic ring is 1. The van der Waals surface area contributed by atoms with Crippen LogP contribution in [0.25, 0.3) is 0 Å². The highest BCUT2D eigenvalue weighted by molar-refractivity contribution is 5.41. The molecule has 1 aliphatic heterocycles. The van der Waals surface area contributed by atoms with Gasteiger partial charge in [-0.25, -0.2) is 10.8 Å². The molecule has 0 radical (unpaired) electrons. The Kier molecular flexibility index (Phi) is 3.44. The molecular formula is C11H19N5O. The van der Waals surface area contributed by atoms with Crippen LogP contribution in [-0.2, 0) is 4.74 Å². The molecule has 0 aromatic carbocycles. The number of nitrogens with one attached hydrogen (secondary N) is 2. The summed E-state index contributed by atoms with van der Waals surface area (Å²) in [4.78, 5) is 8.36. The average molecular weight is 237 g/mol. The van der Waals surface area contributed by atoms with E-state index in [0.29, 0.717) is 5.95 Å². The molecule has 6 heteroatoms. The second kappa shape index (κ2) is 4.85. The van der Waals surface area contributed by atoms with Crippen LogP contribution in [0.4, 0.5) is 11.8 Å². The Bertz CT molecular complexity index is 389. The van der Waals surface area contributed by atoms with Crippen molar-refractivity contribution in [3.8, 4) is 0 Å². The summed E-state index contributed by atoms with van der Waals surface area (Å²) in [6, 6.07) is 1.89. The molecule has 1 unspecified atom stereocenters. The summed E-state index contributed by atoms with van der Waals surface area (Å²) >= 11 is 0. The Balaban J connectivity index is 2.00. The minimum absolute atomic E-state index is 0.0881. The fourth-order valence-electron chi connectivity index (χ4n) is 1.98. The Hall–Kier alpha value is -1.40. The number of hydrogen-bond donors (Lipinski definition) is 3. The number of aryl methyl sites for hydroxylation is 1. The van der Waals surface area contributed by atoms with Gasteiger partial charge in [0.05, 0.1) is 5.60 Å². The van der Waals surface area contributed by atoms with Gasteiger partial charge < -0.3 is 10.1 Å². The van der Waals surface area contributed by atoms with Crippen molar-refractivity contribution in [2.75, 3.05) is 23.9 Å². The van der Waals surface area contributed by atoms with Crippen molar-refractivity contribution in [3.63, 3.8) is 0 Å². The molecule has 1 aromatic rings. The maximum atomic E-state index is 5.70. The first kappa shape index (κ1) is 12.1. The first-order valence-corrected chi connectivity index (χ1v) is 5.81. The van der Waals surface area contributed by atoms with E-state index >= 15 is 0 Å². The van der Waals surface area contributed by atoms with Gasteiger partial charge in [-0.05, 0) is 26.7 Å². The van der Waals surface area contributed by atoms with Crippen molar-refractivity contribution in [2.45, 2.75) is 32.3 Å².